The Kier molecular flexibility index (Phi) is 6.57. The van der Waals surface area contributed by atoms with Crippen molar-refractivity contribution in [2.24, 2.45) is 12.2 Å². The van der Waals surface area contributed by atoms with Gasteiger partial charge in [-0.25, -0.2) is 22.2 Å². The molecule has 1 fully saturated rings. The lowest BCUT2D eigenvalue weighted by Gasteiger charge is -2.26. The fraction of sp³-hybridized carbons (Fsp3) is 0.304. The molecule has 1 saturated heterocycles. The molecule has 174 valence electrons. The second-order valence-corrected chi connectivity index (χ2v) is 9.77. The number of halogens is 2. The summed E-state index contributed by atoms with van der Waals surface area (Å²) in [5.74, 6) is -0.131. The Balaban J connectivity index is 1.48. The van der Waals surface area contributed by atoms with Crippen molar-refractivity contribution >= 4 is 15.7 Å². The molecule has 0 N–H and O–H groups in total. The van der Waals surface area contributed by atoms with Crippen molar-refractivity contribution in [3.8, 4) is 0 Å². The van der Waals surface area contributed by atoms with Gasteiger partial charge in [-0.1, -0.05) is 29.4 Å². The molecule has 1 aliphatic rings. The molecule has 0 spiro atoms. The van der Waals surface area contributed by atoms with E-state index < -0.39 is 16.1 Å². The number of benzene rings is 2. The zero-order valence-corrected chi connectivity index (χ0v) is 19.1. The van der Waals surface area contributed by atoms with Crippen LogP contribution in [0.3, 0.4) is 0 Å². The summed E-state index contributed by atoms with van der Waals surface area (Å²) in [6, 6.07) is 11.7. The first-order valence-corrected chi connectivity index (χ1v) is 11.9. The maximum Gasteiger partial charge on any atom is 0.262 e. The molecule has 3 aromatic rings. The van der Waals surface area contributed by atoms with E-state index in [-0.39, 0.29) is 29.7 Å². The van der Waals surface area contributed by atoms with Gasteiger partial charge in [-0.2, -0.15) is 4.31 Å². The van der Waals surface area contributed by atoms with Crippen molar-refractivity contribution in [2.45, 2.75) is 30.9 Å². The third-order valence-electron chi connectivity index (χ3n) is 5.62. The van der Waals surface area contributed by atoms with Crippen LogP contribution in [0.4, 0.5) is 8.78 Å². The Hall–Kier alpha value is -3.11. The molecule has 0 radical (unpaired) electrons. The van der Waals surface area contributed by atoms with Crippen LogP contribution >= 0.6 is 0 Å². The summed E-state index contributed by atoms with van der Waals surface area (Å²) in [4.78, 5) is 9.96. The lowest BCUT2D eigenvalue weighted by Crippen LogP contribution is -2.38. The number of aromatic nitrogens is 2. The molecule has 2 aromatic carbocycles. The van der Waals surface area contributed by atoms with Gasteiger partial charge in [0.05, 0.1) is 5.71 Å². The smallest absolute Gasteiger partial charge is 0.262 e. The van der Waals surface area contributed by atoms with E-state index in [0.717, 1.165) is 0 Å². The summed E-state index contributed by atoms with van der Waals surface area (Å²) in [7, 11) is -1.93. The van der Waals surface area contributed by atoms with Gasteiger partial charge in [0.15, 0.2) is 11.1 Å². The van der Waals surface area contributed by atoms with E-state index in [9.17, 15) is 17.2 Å². The minimum atomic E-state index is -3.68. The number of nitrogens with zero attached hydrogens (tertiary/aromatic N) is 4. The summed E-state index contributed by atoms with van der Waals surface area (Å²) >= 11 is 0. The van der Waals surface area contributed by atoms with E-state index in [1.165, 1.54) is 34.8 Å². The molecule has 0 aliphatic carbocycles. The monoisotopic (exact) mass is 474 g/mol. The van der Waals surface area contributed by atoms with Crippen LogP contribution in [0.1, 0.15) is 35.9 Å². The number of rotatable bonds is 6. The van der Waals surface area contributed by atoms with Crippen LogP contribution in [-0.2, 0) is 21.9 Å². The van der Waals surface area contributed by atoms with E-state index in [1.807, 2.05) is 0 Å². The molecule has 10 heteroatoms. The Labute approximate surface area is 191 Å². The zero-order valence-electron chi connectivity index (χ0n) is 18.3. The Morgan fingerprint density at radius 1 is 0.970 bits per heavy atom. The van der Waals surface area contributed by atoms with Crippen LogP contribution in [0.25, 0.3) is 0 Å². The Morgan fingerprint density at radius 3 is 1.94 bits per heavy atom. The van der Waals surface area contributed by atoms with Gasteiger partial charge in [0.25, 0.3) is 10.0 Å². The van der Waals surface area contributed by atoms with Crippen LogP contribution in [0, 0.1) is 18.6 Å². The van der Waals surface area contributed by atoms with E-state index >= 15 is 0 Å². The summed E-state index contributed by atoms with van der Waals surface area (Å²) < 4.78 is 55.6. The minimum Gasteiger partial charge on any atom is -0.383 e. The molecule has 0 atom stereocenters. The van der Waals surface area contributed by atoms with Gasteiger partial charge in [-0.05, 0) is 42.3 Å². The van der Waals surface area contributed by atoms with Gasteiger partial charge in [0.1, 0.15) is 17.5 Å². The Bertz CT molecular complexity index is 1180. The predicted molar refractivity (Wildman–Crippen MR) is 119 cm³/mol. The van der Waals surface area contributed by atoms with Crippen LogP contribution < -0.4 is 0 Å². The second-order valence-electron chi connectivity index (χ2n) is 7.89. The topological polar surface area (TPSA) is 76.8 Å². The fourth-order valence-corrected chi connectivity index (χ4v) is 5.04. The van der Waals surface area contributed by atoms with Crippen molar-refractivity contribution in [3.63, 3.8) is 0 Å². The number of aryl methyl sites for hydroxylation is 2. The molecular formula is C23H24F2N4O3S. The molecule has 33 heavy (non-hydrogen) atoms. The van der Waals surface area contributed by atoms with Crippen LogP contribution in [0.2, 0.25) is 0 Å². The molecule has 4 rings (SSSR count). The minimum absolute atomic E-state index is 0.0341. The van der Waals surface area contributed by atoms with Crippen LogP contribution in [0.5, 0.6) is 0 Å². The highest BCUT2D eigenvalue weighted by Crippen LogP contribution is 2.28. The summed E-state index contributed by atoms with van der Waals surface area (Å²) in [6.07, 6.45) is 1.67. The highest BCUT2D eigenvalue weighted by molar-refractivity contribution is 7.89. The van der Waals surface area contributed by atoms with Crippen LogP contribution in [0.15, 0.2) is 64.9 Å². The first kappa shape index (κ1) is 23.1. The van der Waals surface area contributed by atoms with E-state index in [1.54, 1.807) is 42.8 Å². The second kappa shape index (κ2) is 9.40. The van der Waals surface area contributed by atoms with Gasteiger partial charge >= 0.3 is 0 Å². The third kappa shape index (κ3) is 5.12. The quantitative estimate of drug-likeness (QED) is 0.507. The van der Waals surface area contributed by atoms with Gasteiger partial charge in [-0.15, -0.1) is 0 Å². The first-order chi connectivity index (χ1) is 15.7. The van der Waals surface area contributed by atoms with E-state index in [4.69, 9.17) is 4.84 Å². The average Bonchev–Trinajstić information content (AvgIpc) is 3.15. The highest BCUT2D eigenvalue weighted by atomic mass is 32.2. The first-order valence-electron chi connectivity index (χ1n) is 10.5. The number of sulfonamides is 1. The summed E-state index contributed by atoms with van der Waals surface area (Å²) in [6.45, 7) is 2.27. The maximum atomic E-state index is 13.4. The molecule has 2 heterocycles. The molecule has 0 saturated carbocycles. The molecule has 1 aromatic heterocycles. The number of piperidine rings is 1. The van der Waals surface area contributed by atoms with Gasteiger partial charge in [0, 0.05) is 39.2 Å². The number of hydrogen-bond acceptors (Lipinski definition) is 5. The van der Waals surface area contributed by atoms with E-state index in [0.29, 0.717) is 35.5 Å². The SMILES string of the molecule is Cc1nc(S(=O)(=O)N2CCC(=NOC(c3ccc(F)cc3)c3ccc(F)cc3)CC2)cn1C. The Morgan fingerprint density at radius 2 is 1.48 bits per heavy atom. The lowest BCUT2D eigenvalue weighted by atomic mass is 10.0. The van der Waals surface area contributed by atoms with Gasteiger partial charge in [0.2, 0.25) is 0 Å². The summed E-state index contributed by atoms with van der Waals surface area (Å²) in [5, 5.41) is 4.31. The molecular weight excluding hydrogens is 450 g/mol. The standard InChI is InChI=1S/C23H24F2N4O3S/c1-16-26-22(15-28(16)2)33(30,31)29-13-11-21(12-14-29)27-32-23(17-3-7-19(24)8-4-17)18-5-9-20(25)10-6-18/h3-10,15,23H,11-14H2,1-2H3. The molecule has 0 unspecified atom stereocenters. The molecule has 0 amide bonds. The predicted octanol–water partition coefficient (Wildman–Crippen LogP) is 3.95. The molecule has 1 aliphatic heterocycles. The number of imidazole rings is 1. The summed E-state index contributed by atoms with van der Waals surface area (Å²) in [5.41, 5.74) is 2.05. The van der Waals surface area contributed by atoms with Crippen molar-refractivity contribution in [3.05, 3.63) is 83.3 Å². The largest absolute Gasteiger partial charge is 0.383 e. The van der Waals surface area contributed by atoms with Crippen LogP contribution in [-0.4, -0.2) is 41.1 Å². The third-order valence-corrected chi connectivity index (χ3v) is 7.39. The normalized spacial score (nSPS) is 15.1. The number of oxime groups is 1. The van der Waals surface area contributed by atoms with Gasteiger partial charge in [-0.3, -0.25) is 0 Å². The molecule has 7 nitrogen and oxygen atoms in total. The highest BCUT2D eigenvalue weighted by Gasteiger charge is 2.30. The zero-order chi connectivity index (χ0) is 23.6. The fourth-order valence-electron chi connectivity index (χ4n) is 3.58. The maximum absolute atomic E-state index is 13.4. The van der Waals surface area contributed by atoms with Crippen molar-refractivity contribution < 1.29 is 22.0 Å². The molecule has 0 bridgehead atoms. The van der Waals surface area contributed by atoms with E-state index in [2.05, 4.69) is 10.1 Å². The van der Waals surface area contributed by atoms with Crippen molar-refractivity contribution in [1.82, 2.24) is 13.9 Å². The number of hydrogen-bond donors (Lipinski definition) is 0. The average molecular weight is 475 g/mol. The van der Waals surface area contributed by atoms with Gasteiger partial charge < -0.3 is 9.40 Å². The lowest BCUT2D eigenvalue weighted by molar-refractivity contribution is 0.0855. The van der Waals surface area contributed by atoms with Crippen molar-refractivity contribution in [1.29, 1.82) is 0 Å². The van der Waals surface area contributed by atoms with Crippen molar-refractivity contribution in [2.75, 3.05) is 13.1 Å².